The molecule has 0 unspecified atom stereocenters. The van der Waals surface area contributed by atoms with E-state index in [1.807, 2.05) is 19.9 Å². The number of hydrogen-bond donors (Lipinski definition) is 1. The first-order valence-corrected chi connectivity index (χ1v) is 9.24. The second-order valence-electron chi connectivity index (χ2n) is 5.75. The highest BCUT2D eigenvalue weighted by molar-refractivity contribution is 7.92. The molecule has 134 valence electrons. The first-order chi connectivity index (χ1) is 11.7. The van der Waals surface area contributed by atoms with Crippen LogP contribution in [0.5, 0.6) is 0 Å². The van der Waals surface area contributed by atoms with Crippen LogP contribution in [-0.4, -0.2) is 26.0 Å². The highest BCUT2D eigenvalue weighted by atomic mass is 32.2. The van der Waals surface area contributed by atoms with E-state index in [1.165, 1.54) is 16.4 Å². The Kier molecular flexibility index (Phi) is 5.79. The fraction of sp³-hybridized carbons (Fsp3) is 0.278. The average molecular weight is 365 g/mol. The molecule has 2 aromatic rings. The van der Waals surface area contributed by atoms with E-state index in [-0.39, 0.29) is 24.3 Å². The molecule has 0 aliphatic heterocycles. The van der Waals surface area contributed by atoms with Crippen LogP contribution in [0.2, 0.25) is 0 Å². The minimum atomic E-state index is -3.93. The molecule has 0 radical (unpaired) electrons. The Morgan fingerprint density at radius 1 is 1.12 bits per heavy atom. The summed E-state index contributed by atoms with van der Waals surface area (Å²) in [6, 6.07) is 9.90. The maximum atomic E-state index is 13.1. The van der Waals surface area contributed by atoms with Crippen molar-refractivity contribution in [1.29, 1.82) is 0 Å². The van der Waals surface area contributed by atoms with Crippen molar-refractivity contribution in [2.24, 2.45) is 0 Å². The smallest absolute Gasteiger partial charge is 0.303 e. The molecule has 2 aromatic carbocycles. The van der Waals surface area contributed by atoms with Crippen LogP contribution in [0.1, 0.15) is 24.0 Å². The molecule has 0 spiro atoms. The van der Waals surface area contributed by atoms with Crippen LogP contribution in [0.15, 0.2) is 47.4 Å². The minimum absolute atomic E-state index is 0.0241. The lowest BCUT2D eigenvalue weighted by atomic mass is 10.1. The lowest BCUT2D eigenvalue weighted by Gasteiger charge is -2.26. The van der Waals surface area contributed by atoms with Gasteiger partial charge in [-0.2, -0.15) is 0 Å². The molecule has 1 N–H and O–H groups in total. The Labute approximate surface area is 146 Å². The van der Waals surface area contributed by atoms with Crippen LogP contribution in [0.3, 0.4) is 0 Å². The molecule has 0 saturated carbocycles. The van der Waals surface area contributed by atoms with Gasteiger partial charge in [-0.1, -0.05) is 12.1 Å². The molecular weight excluding hydrogens is 345 g/mol. The molecule has 2 rings (SSSR count). The summed E-state index contributed by atoms with van der Waals surface area (Å²) in [5.74, 6) is -1.51. The van der Waals surface area contributed by atoms with Crippen LogP contribution in [0, 0.1) is 19.7 Å². The third-order valence-corrected chi connectivity index (χ3v) is 5.83. The van der Waals surface area contributed by atoms with Gasteiger partial charge >= 0.3 is 5.97 Å². The number of halogens is 1. The Morgan fingerprint density at radius 3 is 2.36 bits per heavy atom. The Balaban J connectivity index is 2.48. The van der Waals surface area contributed by atoms with Crippen LogP contribution >= 0.6 is 0 Å². The van der Waals surface area contributed by atoms with Crippen LogP contribution in [0.25, 0.3) is 0 Å². The number of aryl methyl sites for hydroxylation is 1. The zero-order chi connectivity index (χ0) is 18.6. The number of rotatable bonds is 7. The number of carbonyl (C=O) groups is 1. The van der Waals surface area contributed by atoms with E-state index in [9.17, 15) is 17.6 Å². The van der Waals surface area contributed by atoms with E-state index in [0.717, 1.165) is 23.3 Å². The molecule has 0 amide bonds. The van der Waals surface area contributed by atoms with E-state index in [0.29, 0.717) is 5.69 Å². The topological polar surface area (TPSA) is 74.7 Å². The molecule has 0 fully saturated rings. The van der Waals surface area contributed by atoms with Gasteiger partial charge in [0, 0.05) is 13.0 Å². The predicted molar refractivity (Wildman–Crippen MR) is 93.7 cm³/mol. The predicted octanol–water partition coefficient (Wildman–Crippen LogP) is 3.50. The Bertz CT molecular complexity index is 863. The van der Waals surface area contributed by atoms with Crippen molar-refractivity contribution in [2.75, 3.05) is 10.8 Å². The van der Waals surface area contributed by atoms with Gasteiger partial charge in [-0.25, -0.2) is 12.8 Å². The lowest BCUT2D eigenvalue weighted by molar-refractivity contribution is -0.137. The van der Waals surface area contributed by atoms with Gasteiger partial charge in [0.2, 0.25) is 0 Å². The number of benzene rings is 2. The van der Waals surface area contributed by atoms with Gasteiger partial charge in [-0.15, -0.1) is 0 Å². The molecule has 0 bridgehead atoms. The molecular formula is C18H20FNO4S. The molecule has 7 heteroatoms. The number of anilines is 1. The van der Waals surface area contributed by atoms with Gasteiger partial charge in [-0.05, 0) is 61.7 Å². The van der Waals surface area contributed by atoms with Crippen molar-refractivity contribution in [3.05, 3.63) is 59.4 Å². The average Bonchev–Trinajstić information content (AvgIpc) is 2.55. The third-order valence-electron chi connectivity index (χ3n) is 4.00. The van der Waals surface area contributed by atoms with E-state index in [4.69, 9.17) is 5.11 Å². The van der Waals surface area contributed by atoms with Gasteiger partial charge in [0.25, 0.3) is 10.0 Å². The number of nitrogens with zero attached hydrogens (tertiary/aromatic N) is 1. The van der Waals surface area contributed by atoms with Gasteiger partial charge < -0.3 is 5.11 Å². The van der Waals surface area contributed by atoms with Crippen LogP contribution in [0.4, 0.5) is 10.1 Å². The zero-order valence-electron chi connectivity index (χ0n) is 14.1. The molecule has 0 aliphatic carbocycles. The first-order valence-electron chi connectivity index (χ1n) is 7.80. The normalized spacial score (nSPS) is 11.3. The van der Waals surface area contributed by atoms with Gasteiger partial charge in [0.15, 0.2) is 0 Å². The van der Waals surface area contributed by atoms with Gasteiger partial charge in [-0.3, -0.25) is 9.10 Å². The zero-order valence-corrected chi connectivity index (χ0v) is 14.9. The SMILES string of the molecule is Cc1cccc(N(CCCC(=O)O)S(=O)(=O)c2ccc(F)cc2)c1C. The van der Waals surface area contributed by atoms with Crippen molar-refractivity contribution >= 4 is 21.7 Å². The van der Waals surface area contributed by atoms with E-state index < -0.39 is 21.8 Å². The summed E-state index contributed by atoms with van der Waals surface area (Å²) in [5.41, 5.74) is 2.22. The Morgan fingerprint density at radius 2 is 1.76 bits per heavy atom. The van der Waals surface area contributed by atoms with Crippen molar-refractivity contribution in [3.8, 4) is 0 Å². The highest BCUT2D eigenvalue weighted by Gasteiger charge is 2.26. The quantitative estimate of drug-likeness (QED) is 0.815. The van der Waals surface area contributed by atoms with E-state index in [1.54, 1.807) is 12.1 Å². The maximum absolute atomic E-state index is 13.1. The van der Waals surface area contributed by atoms with E-state index >= 15 is 0 Å². The summed E-state index contributed by atoms with van der Waals surface area (Å²) in [7, 11) is -3.93. The van der Waals surface area contributed by atoms with Crippen molar-refractivity contribution in [3.63, 3.8) is 0 Å². The number of aliphatic carboxylic acids is 1. The molecule has 0 saturated heterocycles. The minimum Gasteiger partial charge on any atom is -0.481 e. The molecule has 25 heavy (non-hydrogen) atoms. The van der Waals surface area contributed by atoms with Crippen molar-refractivity contribution < 1.29 is 22.7 Å². The largest absolute Gasteiger partial charge is 0.481 e. The monoisotopic (exact) mass is 365 g/mol. The van der Waals surface area contributed by atoms with Gasteiger partial charge in [0.1, 0.15) is 5.82 Å². The summed E-state index contributed by atoms with van der Waals surface area (Å²) >= 11 is 0. The van der Waals surface area contributed by atoms with Crippen molar-refractivity contribution in [1.82, 2.24) is 0 Å². The molecule has 0 atom stereocenters. The number of hydrogen-bond acceptors (Lipinski definition) is 3. The highest BCUT2D eigenvalue weighted by Crippen LogP contribution is 2.29. The molecule has 0 aromatic heterocycles. The van der Waals surface area contributed by atoms with E-state index in [2.05, 4.69) is 0 Å². The third kappa shape index (κ3) is 4.36. The molecule has 5 nitrogen and oxygen atoms in total. The maximum Gasteiger partial charge on any atom is 0.303 e. The number of carboxylic acid groups (broad SMARTS) is 1. The second kappa shape index (κ2) is 7.65. The summed E-state index contributed by atoms with van der Waals surface area (Å²) in [6.45, 7) is 3.71. The summed E-state index contributed by atoms with van der Waals surface area (Å²) in [5, 5.41) is 8.84. The first kappa shape index (κ1) is 18.9. The summed E-state index contributed by atoms with van der Waals surface area (Å²) in [6.07, 6.45) is 0.0312. The molecule has 0 heterocycles. The van der Waals surface area contributed by atoms with Crippen LogP contribution in [-0.2, 0) is 14.8 Å². The van der Waals surface area contributed by atoms with Gasteiger partial charge in [0.05, 0.1) is 10.6 Å². The summed E-state index contributed by atoms with van der Waals surface area (Å²) < 4.78 is 40.4. The Hall–Kier alpha value is -2.41. The summed E-state index contributed by atoms with van der Waals surface area (Å²) in [4.78, 5) is 10.7. The number of carboxylic acids is 1. The molecule has 0 aliphatic rings. The number of sulfonamides is 1. The lowest BCUT2D eigenvalue weighted by Crippen LogP contribution is -2.33. The fourth-order valence-corrected chi connectivity index (χ4v) is 4.04. The standard InChI is InChI=1S/C18H20FNO4S/c1-13-5-3-6-17(14(13)2)20(12-4-7-18(21)22)25(23,24)16-10-8-15(19)9-11-16/h3,5-6,8-11H,4,7,12H2,1-2H3,(H,21,22). The fourth-order valence-electron chi connectivity index (χ4n) is 2.48. The van der Waals surface area contributed by atoms with Crippen LogP contribution < -0.4 is 4.31 Å². The second-order valence-corrected chi connectivity index (χ2v) is 7.61. The van der Waals surface area contributed by atoms with Crippen molar-refractivity contribution in [2.45, 2.75) is 31.6 Å².